The average molecular weight is 448 g/mol. The number of aliphatic hydroxyl groups excluding tert-OH is 1. The molecule has 1 N–H and O–H groups in total. The van der Waals surface area contributed by atoms with Gasteiger partial charge in [-0.2, -0.15) is 0 Å². The minimum atomic E-state index is -0.713. The third-order valence-corrected chi connectivity index (χ3v) is 6.55. The van der Waals surface area contributed by atoms with Gasteiger partial charge in [-0.1, -0.05) is 72.8 Å². The maximum atomic E-state index is 13.7. The Kier molecular flexibility index (Phi) is 8.65. The third kappa shape index (κ3) is 7.50. The highest BCUT2D eigenvalue weighted by Crippen LogP contribution is 2.29. The minimum absolute atomic E-state index is 0.310. The summed E-state index contributed by atoms with van der Waals surface area (Å²) in [5.41, 5.74) is 3.08. The number of rotatable bonds is 10. The van der Waals surface area contributed by atoms with Crippen molar-refractivity contribution in [1.82, 2.24) is 4.90 Å². The Balaban J connectivity index is 1.32. The van der Waals surface area contributed by atoms with Crippen LogP contribution in [0.3, 0.4) is 0 Å². The van der Waals surface area contributed by atoms with Crippen LogP contribution < -0.4 is 0 Å². The molecule has 0 aromatic heterocycles. The summed E-state index contributed by atoms with van der Waals surface area (Å²) in [7, 11) is 0. The first kappa shape index (κ1) is 23.6. The van der Waals surface area contributed by atoms with Gasteiger partial charge in [-0.15, -0.1) is 0 Å². The normalized spacial score (nSPS) is 19.5. The summed E-state index contributed by atoms with van der Waals surface area (Å²) < 4.78 is 19.8. The second-order valence-corrected chi connectivity index (χ2v) is 9.19. The van der Waals surface area contributed by atoms with Gasteiger partial charge < -0.3 is 9.84 Å². The molecule has 174 valence electrons. The Morgan fingerprint density at radius 2 is 1.52 bits per heavy atom. The molecule has 0 radical (unpaired) electrons. The lowest BCUT2D eigenvalue weighted by atomic mass is 9.86. The second kappa shape index (κ2) is 12.1. The minimum Gasteiger partial charge on any atom is -0.387 e. The molecule has 3 aromatic carbocycles. The van der Waals surface area contributed by atoms with Crippen molar-refractivity contribution in [1.29, 1.82) is 0 Å². The summed E-state index contributed by atoms with van der Waals surface area (Å²) in [4.78, 5) is 2.32. The molecule has 0 unspecified atom stereocenters. The number of aliphatic hydroxyl groups is 1. The lowest BCUT2D eigenvalue weighted by Crippen LogP contribution is -2.35. The fourth-order valence-corrected chi connectivity index (χ4v) is 4.74. The molecule has 1 aliphatic rings. The number of hydrogen-bond acceptors (Lipinski definition) is 3. The van der Waals surface area contributed by atoms with Gasteiger partial charge in [-0.3, -0.25) is 4.90 Å². The van der Waals surface area contributed by atoms with E-state index in [0.29, 0.717) is 30.7 Å². The van der Waals surface area contributed by atoms with E-state index in [9.17, 15) is 9.50 Å². The molecule has 1 saturated carbocycles. The Morgan fingerprint density at radius 3 is 2.18 bits per heavy atom. The highest BCUT2D eigenvalue weighted by atomic mass is 19.1. The number of benzene rings is 3. The molecule has 0 heterocycles. The molecule has 0 amide bonds. The summed E-state index contributed by atoms with van der Waals surface area (Å²) >= 11 is 0. The van der Waals surface area contributed by atoms with Gasteiger partial charge in [-0.25, -0.2) is 4.39 Å². The number of nitrogens with zero attached hydrogens (tertiary/aromatic N) is 1. The van der Waals surface area contributed by atoms with Crippen LogP contribution in [0.15, 0.2) is 84.9 Å². The monoisotopic (exact) mass is 447 g/mol. The van der Waals surface area contributed by atoms with E-state index in [1.807, 2.05) is 24.3 Å². The van der Waals surface area contributed by atoms with E-state index in [1.54, 1.807) is 12.1 Å². The van der Waals surface area contributed by atoms with Crippen molar-refractivity contribution >= 4 is 0 Å². The van der Waals surface area contributed by atoms with Gasteiger partial charge in [0.2, 0.25) is 0 Å². The highest BCUT2D eigenvalue weighted by molar-refractivity contribution is 5.19. The number of ether oxygens (including phenoxy) is 1. The summed E-state index contributed by atoms with van der Waals surface area (Å²) in [5, 5.41) is 10.8. The zero-order valence-electron chi connectivity index (χ0n) is 19.2. The molecule has 1 atom stereocenters. The van der Waals surface area contributed by atoms with E-state index in [1.165, 1.54) is 23.3 Å². The summed E-state index contributed by atoms with van der Waals surface area (Å²) in [6.45, 7) is 2.86. The van der Waals surface area contributed by atoms with E-state index in [0.717, 1.165) is 38.8 Å². The number of halogens is 1. The molecule has 0 spiro atoms. The largest absolute Gasteiger partial charge is 0.387 e. The summed E-state index contributed by atoms with van der Waals surface area (Å²) in [6, 6.07) is 27.0. The van der Waals surface area contributed by atoms with Gasteiger partial charge in [0.15, 0.2) is 0 Å². The van der Waals surface area contributed by atoms with Gasteiger partial charge in [0.25, 0.3) is 0 Å². The predicted molar refractivity (Wildman–Crippen MR) is 130 cm³/mol. The first-order chi connectivity index (χ1) is 16.2. The van der Waals surface area contributed by atoms with Crippen LogP contribution in [0.5, 0.6) is 0 Å². The smallest absolute Gasteiger partial charge is 0.123 e. The molecule has 4 rings (SSSR count). The van der Waals surface area contributed by atoms with E-state index < -0.39 is 6.10 Å². The van der Waals surface area contributed by atoms with Crippen LogP contribution in [0.1, 0.15) is 48.5 Å². The van der Waals surface area contributed by atoms with Crippen molar-refractivity contribution in [3.8, 4) is 0 Å². The zero-order valence-corrected chi connectivity index (χ0v) is 19.2. The molecule has 4 heteroatoms. The molecule has 3 aromatic rings. The van der Waals surface area contributed by atoms with Crippen LogP contribution in [0.25, 0.3) is 0 Å². The topological polar surface area (TPSA) is 32.7 Å². The van der Waals surface area contributed by atoms with Crippen molar-refractivity contribution < 1.29 is 14.2 Å². The zero-order chi connectivity index (χ0) is 22.9. The van der Waals surface area contributed by atoms with Crippen molar-refractivity contribution in [2.24, 2.45) is 5.92 Å². The van der Waals surface area contributed by atoms with Crippen LogP contribution in [0, 0.1) is 11.7 Å². The van der Waals surface area contributed by atoms with Crippen molar-refractivity contribution in [2.75, 3.05) is 13.1 Å². The Morgan fingerprint density at radius 1 is 0.848 bits per heavy atom. The highest BCUT2D eigenvalue weighted by Gasteiger charge is 2.25. The van der Waals surface area contributed by atoms with Gasteiger partial charge >= 0.3 is 0 Å². The van der Waals surface area contributed by atoms with Crippen molar-refractivity contribution in [2.45, 2.75) is 51.0 Å². The first-order valence-electron chi connectivity index (χ1n) is 12.0. The lowest BCUT2D eigenvalue weighted by molar-refractivity contribution is 0.00103. The summed E-state index contributed by atoms with van der Waals surface area (Å²) in [5.74, 6) is 0.264. The van der Waals surface area contributed by atoms with Crippen LogP contribution >= 0.6 is 0 Å². The van der Waals surface area contributed by atoms with E-state index in [-0.39, 0.29) is 5.82 Å². The molecule has 0 saturated heterocycles. The quantitative estimate of drug-likeness (QED) is 0.405. The Hall–Kier alpha value is -2.53. The maximum Gasteiger partial charge on any atom is 0.123 e. The molecule has 3 nitrogen and oxygen atoms in total. The SMILES string of the molecule is O[C@@H](CN(Cc1ccccc1)CC1CCC(OCc2ccccc2)CC1)c1cccc(F)c1. The average Bonchev–Trinajstić information content (AvgIpc) is 2.85. The van der Waals surface area contributed by atoms with E-state index in [2.05, 4.69) is 41.3 Å². The molecular formula is C29H34FNO2. The molecule has 0 aliphatic heterocycles. The Labute approximate surface area is 196 Å². The van der Waals surface area contributed by atoms with Crippen LogP contribution in [0.2, 0.25) is 0 Å². The summed E-state index contributed by atoms with van der Waals surface area (Å²) in [6.07, 6.45) is 4.00. The predicted octanol–water partition coefficient (Wildman–Crippen LogP) is 6.14. The Bertz CT molecular complexity index is 958. The molecule has 0 bridgehead atoms. The van der Waals surface area contributed by atoms with Crippen LogP contribution in [-0.4, -0.2) is 29.2 Å². The standard InChI is InChI=1S/C29H34FNO2/c30-27-13-7-12-26(18-27)29(32)21-31(19-23-8-3-1-4-9-23)20-24-14-16-28(17-15-24)33-22-25-10-5-2-6-11-25/h1-13,18,24,28-29,32H,14-17,19-22H2/t24?,28?,29-/m0/s1. The lowest BCUT2D eigenvalue weighted by Gasteiger charge is -2.34. The van der Waals surface area contributed by atoms with Crippen molar-refractivity contribution in [3.63, 3.8) is 0 Å². The molecule has 1 fully saturated rings. The van der Waals surface area contributed by atoms with E-state index in [4.69, 9.17) is 4.74 Å². The van der Waals surface area contributed by atoms with Gasteiger partial charge in [0.05, 0.1) is 18.8 Å². The fraction of sp³-hybridized carbons (Fsp3) is 0.379. The van der Waals surface area contributed by atoms with Gasteiger partial charge in [-0.05, 0) is 60.4 Å². The van der Waals surface area contributed by atoms with E-state index >= 15 is 0 Å². The van der Waals surface area contributed by atoms with Crippen molar-refractivity contribution in [3.05, 3.63) is 107 Å². The molecule has 33 heavy (non-hydrogen) atoms. The van der Waals surface area contributed by atoms with Crippen LogP contribution in [-0.2, 0) is 17.9 Å². The number of hydrogen-bond donors (Lipinski definition) is 1. The third-order valence-electron chi connectivity index (χ3n) is 6.55. The second-order valence-electron chi connectivity index (χ2n) is 9.19. The molecular weight excluding hydrogens is 413 g/mol. The van der Waals surface area contributed by atoms with Gasteiger partial charge in [0.1, 0.15) is 5.82 Å². The van der Waals surface area contributed by atoms with Crippen LogP contribution in [0.4, 0.5) is 4.39 Å². The fourth-order valence-electron chi connectivity index (χ4n) is 4.74. The first-order valence-corrected chi connectivity index (χ1v) is 12.0. The van der Waals surface area contributed by atoms with Gasteiger partial charge in [0, 0.05) is 19.6 Å². The maximum absolute atomic E-state index is 13.7. The molecule has 1 aliphatic carbocycles.